The van der Waals surface area contributed by atoms with Crippen LogP contribution >= 0.6 is 15.9 Å². The Labute approximate surface area is 137 Å². The third-order valence-electron chi connectivity index (χ3n) is 2.73. The van der Waals surface area contributed by atoms with Crippen molar-refractivity contribution in [3.63, 3.8) is 0 Å². The summed E-state index contributed by atoms with van der Waals surface area (Å²) in [5.74, 6) is 1.22. The third kappa shape index (κ3) is 4.36. The van der Waals surface area contributed by atoms with Crippen LogP contribution in [0.5, 0.6) is 0 Å². The Bertz CT molecular complexity index is 695. The summed E-state index contributed by atoms with van der Waals surface area (Å²) in [7, 11) is 3.75. The Balaban J connectivity index is 1.92. The van der Waals surface area contributed by atoms with Crippen molar-refractivity contribution in [1.29, 1.82) is 0 Å². The van der Waals surface area contributed by atoms with E-state index in [2.05, 4.69) is 31.8 Å². The van der Waals surface area contributed by atoms with Gasteiger partial charge in [0.2, 0.25) is 5.88 Å². The molecule has 1 aromatic heterocycles. The van der Waals surface area contributed by atoms with Crippen molar-refractivity contribution in [3.8, 4) is 0 Å². The van der Waals surface area contributed by atoms with Crippen LogP contribution in [0.4, 0.5) is 16.4 Å². The van der Waals surface area contributed by atoms with Crippen molar-refractivity contribution < 1.29 is 9.21 Å². The van der Waals surface area contributed by atoms with Crippen LogP contribution in [0.25, 0.3) is 0 Å². The van der Waals surface area contributed by atoms with Crippen molar-refractivity contribution >= 4 is 39.7 Å². The maximum Gasteiger partial charge on any atom is 0.339 e. The maximum absolute atomic E-state index is 11.7. The van der Waals surface area contributed by atoms with Gasteiger partial charge in [0.05, 0.1) is 10.7 Å². The molecule has 22 heavy (non-hydrogen) atoms. The summed E-state index contributed by atoms with van der Waals surface area (Å²) in [5, 5.41) is 6.55. The number of nitrogens with one attached hydrogen (secondary N) is 2. The number of hydrogen-bond donors (Lipinski definition) is 2. The first-order chi connectivity index (χ1) is 10.5. The van der Waals surface area contributed by atoms with Crippen LogP contribution in [0.2, 0.25) is 0 Å². The number of carbonyl (C=O) groups is 1. The van der Waals surface area contributed by atoms with Crippen LogP contribution in [0.3, 0.4) is 0 Å². The fourth-order valence-electron chi connectivity index (χ4n) is 1.78. The number of halogens is 1. The number of aryl methyl sites for hydroxylation is 1. The zero-order chi connectivity index (χ0) is 16.1. The number of benzene rings is 1. The Kier molecular flexibility index (Phi) is 5.21. The first kappa shape index (κ1) is 16.1. The van der Waals surface area contributed by atoms with Gasteiger partial charge in [-0.05, 0) is 40.5 Å². The molecular formula is C15H17BrN4O2. The molecule has 0 saturated carbocycles. The van der Waals surface area contributed by atoms with E-state index in [9.17, 15) is 4.79 Å². The number of hydrazone groups is 1. The Morgan fingerprint density at radius 3 is 2.77 bits per heavy atom. The summed E-state index contributed by atoms with van der Waals surface area (Å²) in [4.78, 5) is 13.5. The number of nitrogens with zero attached hydrogens (tertiary/aromatic N) is 2. The highest BCUT2D eigenvalue weighted by Crippen LogP contribution is 2.27. The van der Waals surface area contributed by atoms with Crippen LogP contribution in [0, 0.1) is 6.92 Å². The molecule has 6 nitrogen and oxygen atoms in total. The van der Waals surface area contributed by atoms with Crippen molar-refractivity contribution in [2.24, 2.45) is 5.10 Å². The molecule has 2 N–H and O–H groups in total. The summed E-state index contributed by atoms with van der Waals surface area (Å²) in [6.07, 6.45) is 1.44. The van der Waals surface area contributed by atoms with Crippen molar-refractivity contribution in [2.45, 2.75) is 6.92 Å². The van der Waals surface area contributed by atoms with Gasteiger partial charge in [-0.25, -0.2) is 10.2 Å². The Hall–Kier alpha value is -2.28. The SMILES string of the molecule is Cc1cccc(NC(=O)N/N=C/c2cc(Br)c(N(C)C)o2)c1. The van der Waals surface area contributed by atoms with Gasteiger partial charge in [0.25, 0.3) is 0 Å². The molecule has 0 bridgehead atoms. The van der Waals surface area contributed by atoms with Crippen LogP contribution in [0.1, 0.15) is 11.3 Å². The topological polar surface area (TPSA) is 69.9 Å². The van der Waals surface area contributed by atoms with Crippen molar-refractivity contribution in [1.82, 2.24) is 5.43 Å². The summed E-state index contributed by atoms with van der Waals surface area (Å²) in [6, 6.07) is 8.87. The van der Waals surface area contributed by atoms with Crippen molar-refractivity contribution in [2.75, 3.05) is 24.3 Å². The fraction of sp³-hybridized carbons (Fsp3) is 0.200. The molecule has 0 unspecified atom stereocenters. The standard InChI is InChI=1S/C15H17BrN4O2/c1-10-5-4-6-11(7-10)18-15(21)19-17-9-12-8-13(16)14(22-12)20(2)3/h4-9H,1-3H3,(H2,18,19,21)/b17-9+. The minimum atomic E-state index is -0.416. The molecule has 0 atom stereocenters. The van der Waals surface area contributed by atoms with Gasteiger partial charge >= 0.3 is 6.03 Å². The predicted octanol–water partition coefficient (Wildman–Crippen LogP) is 3.57. The monoisotopic (exact) mass is 364 g/mol. The van der Waals surface area contributed by atoms with Crippen LogP contribution < -0.4 is 15.6 Å². The molecule has 1 aromatic carbocycles. The molecule has 2 rings (SSSR count). The van der Waals surface area contributed by atoms with Crippen LogP contribution in [-0.2, 0) is 0 Å². The number of urea groups is 1. The lowest BCUT2D eigenvalue weighted by molar-refractivity contribution is 0.252. The molecule has 0 saturated heterocycles. The molecule has 0 radical (unpaired) electrons. The number of rotatable bonds is 4. The molecule has 0 spiro atoms. The van der Waals surface area contributed by atoms with Gasteiger partial charge in [-0.15, -0.1) is 0 Å². The van der Waals surface area contributed by atoms with Crippen LogP contribution in [0.15, 0.2) is 44.3 Å². The first-order valence-corrected chi connectivity index (χ1v) is 7.38. The van der Waals surface area contributed by atoms with E-state index >= 15 is 0 Å². The molecule has 0 aliphatic rings. The quantitative estimate of drug-likeness (QED) is 0.643. The number of furan rings is 1. The van der Waals surface area contributed by atoms with E-state index in [0.717, 1.165) is 10.0 Å². The summed E-state index contributed by atoms with van der Waals surface area (Å²) in [5.41, 5.74) is 4.17. The van der Waals surface area contributed by atoms with E-state index < -0.39 is 6.03 Å². The average molecular weight is 365 g/mol. The highest BCUT2D eigenvalue weighted by molar-refractivity contribution is 9.10. The molecule has 0 aliphatic carbocycles. The Morgan fingerprint density at radius 2 is 2.14 bits per heavy atom. The molecule has 0 aliphatic heterocycles. The lowest BCUT2D eigenvalue weighted by atomic mass is 10.2. The summed E-state index contributed by atoms with van der Waals surface area (Å²) >= 11 is 3.39. The second-order valence-corrected chi connectivity index (χ2v) is 5.74. The molecule has 2 amide bonds. The van der Waals surface area contributed by atoms with Gasteiger partial charge in [0, 0.05) is 25.8 Å². The molecule has 7 heteroatoms. The van der Waals surface area contributed by atoms with E-state index in [1.165, 1.54) is 6.21 Å². The highest BCUT2D eigenvalue weighted by atomic mass is 79.9. The van der Waals surface area contributed by atoms with Crippen LogP contribution in [-0.4, -0.2) is 26.3 Å². The lowest BCUT2D eigenvalue weighted by Crippen LogP contribution is -2.24. The second-order valence-electron chi connectivity index (χ2n) is 4.89. The number of anilines is 2. The predicted molar refractivity (Wildman–Crippen MR) is 91.7 cm³/mol. The maximum atomic E-state index is 11.7. The van der Waals surface area contributed by atoms with Gasteiger partial charge in [0.15, 0.2) is 5.76 Å². The van der Waals surface area contributed by atoms with Crippen molar-refractivity contribution in [3.05, 3.63) is 46.1 Å². The van der Waals surface area contributed by atoms with Gasteiger partial charge < -0.3 is 14.6 Å². The first-order valence-electron chi connectivity index (χ1n) is 6.59. The molecule has 0 fully saturated rings. The minimum Gasteiger partial charge on any atom is -0.438 e. The number of hydrogen-bond acceptors (Lipinski definition) is 4. The zero-order valence-corrected chi connectivity index (χ0v) is 14.1. The van der Waals surface area contributed by atoms with Gasteiger partial charge in [0.1, 0.15) is 0 Å². The molecule has 1 heterocycles. The number of amides is 2. The van der Waals surface area contributed by atoms with E-state index in [1.807, 2.05) is 50.2 Å². The molecule has 116 valence electrons. The molecular weight excluding hydrogens is 348 g/mol. The lowest BCUT2D eigenvalue weighted by Gasteiger charge is -2.07. The summed E-state index contributed by atoms with van der Waals surface area (Å²) < 4.78 is 6.37. The zero-order valence-electron chi connectivity index (χ0n) is 12.6. The van der Waals surface area contributed by atoms with E-state index in [0.29, 0.717) is 17.3 Å². The second kappa shape index (κ2) is 7.13. The Morgan fingerprint density at radius 1 is 1.36 bits per heavy atom. The van der Waals surface area contributed by atoms with E-state index in [-0.39, 0.29) is 0 Å². The fourth-order valence-corrected chi connectivity index (χ4v) is 2.44. The largest absolute Gasteiger partial charge is 0.438 e. The minimum absolute atomic E-state index is 0.416. The van der Waals surface area contributed by atoms with E-state index in [1.54, 1.807) is 6.07 Å². The van der Waals surface area contributed by atoms with Gasteiger partial charge in [-0.1, -0.05) is 12.1 Å². The van der Waals surface area contributed by atoms with Gasteiger partial charge in [-0.2, -0.15) is 5.10 Å². The van der Waals surface area contributed by atoms with E-state index in [4.69, 9.17) is 4.42 Å². The number of carbonyl (C=O) groups excluding carboxylic acids is 1. The average Bonchev–Trinajstić information content (AvgIpc) is 2.80. The molecule has 2 aromatic rings. The van der Waals surface area contributed by atoms with Gasteiger partial charge in [-0.3, -0.25) is 0 Å². The normalized spacial score (nSPS) is 10.7. The smallest absolute Gasteiger partial charge is 0.339 e. The highest BCUT2D eigenvalue weighted by Gasteiger charge is 2.09. The third-order valence-corrected chi connectivity index (χ3v) is 3.30. The summed E-state index contributed by atoms with van der Waals surface area (Å²) in [6.45, 7) is 1.96.